The van der Waals surface area contributed by atoms with Crippen LogP contribution in [-0.4, -0.2) is 32.0 Å². The second-order valence-corrected chi connectivity index (χ2v) is 4.32. The molecular formula is C14H20N2O2. The zero-order valence-corrected chi connectivity index (χ0v) is 11.1. The Balaban J connectivity index is 2.07. The number of hydrogen-bond donors (Lipinski definition) is 2. The first-order valence-corrected chi connectivity index (χ1v) is 6.11. The van der Waals surface area contributed by atoms with Gasteiger partial charge < -0.3 is 19.8 Å². The van der Waals surface area contributed by atoms with Crippen LogP contribution in [0.4, 0.5) is 0 Å². The van der Waals surface area contributed by atoms with Crippen LogP contribution in [-0.2, 0) is 9.47 Å². The molecule has 4 nitrogen and oxygen atoms in total. The molecule has 0 aliphatic rings. The van der Waals surface area contributed by atoms with Crippen molar-refractivity contribution < 1.29 is 9.47 Å². The maximum atomic E-state index is 5.16. The average Bonchev–Trinajstić information content (AvgIpc) is 2.83. The topological polar surface area (TPSA) is 46.3 Å². The molecule has 1 aromatic carbocycles. The fraction of sp³-hybridized carbons (Fsp3) is 0.429. The van der Waals surface area contributed by atoms with E-state index in [-0.39, 0.29) is 12.3 Å². The lowest BCUT2D eigenvalue weighted by atomic mass is 10.1. The van der Waals surface area contributed by atoms with Gasteiger partial charge in [0.25, 0.3) is 0 Å². The SMILES string of the molecule is COC(CN[C@H](C)c1c[nH]c2ccccc12)OC. The number of nitrogens with one attached hydrogen (secondary N) is 2. The van der Waals surface area contributed by atoms with E-state index in [1.165, 1.54) is 10.9 Å². The summed E-state index contributed by atoms with van der Waals surface area (Å²) >= 11 is 0. The van der Waals surface area contributed by atoms with Crippen LogP contribution in [0, 0.1) is 0 Å². The van der Waals surface area contributed by atoms with Crippen molar-refractivity contribution in [3.8, 4) is 0 Å². The van der Waals surface area contributed by atoms with Gasteiger partial charge in [0.1, 0.15) is 0 Å². The molecule has 0 amide bonds. The van der Waals surface area contributed by atoms with Crippen molar-refractivity contribution >= 4 is 10.9 Å². The van der Waals surface area contributed by atoms with E-state index in [0.29, 0.717) is 6.54 Å². The Morgan fingerprint density at radius 2 is 1.94 bits per heavy atom. The minimum Gasteiger partial charge on any atom is -0.361 e. The van der Waals surface area contributed by atoms with Crippen molar-refractivity contribution in [1.82, 2.24) is 10.3 Å². The summed E-state index contributed by atoms with van der Waals surface area (Å²) in [6, 6.07) is 8.54. The first-order chi connectivity index (χ1) is 8.76. The Morgan fingerprint density at radius 1 is 1.22 bits per heavy atom. The van der Waals surface area contributed by atoms with E-state index in [1.807, 2.05) is 6.07 Å². The number of rotatable bonds is 6. The Bertz CT molecular complexity index is 491. The second kappa shape index (κ2) is 6.00. The van der Waals surface area contributed by atoms with E-state index < -0.39 is 0 Å². The summed E-state index contributed by atoms with van der Waals surface area (Å²) in [5.41, 5.74) is 2.42. The molecule has 0 radical (unpaired) electrons. The Morgan fingerprint density at radius 3 is 2.67 bits per heavy atom. The molecule has 1 heterocycles. The van der Waals surface area contributed by atoms with Crippen LogP contribution in [0.2, 0.25) is 0 Å². The van der Waals surface area contributed by atoms with Crippen LogP contribution < -0.4 is 5.32 Å². The number of benzene rings is 1. The first kappa shape index (κ1) is 13.1. The highest BCUT2D eigenvalue weighted by molar-refractivity contribution is 5.83. The summed E-state index contributed by atoms with van der Waals surface area (Å²) in [6.45, 7) is 2.80. The quantitative estimate of drug-likeness (QED) is 0.772. The van der Waals surface area contributed by atoms with Crippen molar-refractivity contribution in [2.75, 3.05) is 20.8 Å². The number of methoxy groups -OCH3 is 2. The van der Waals surface area contributed by atoms with Gasteiger partial charge in [-0.2, -0.15) is 0 Å². The molecule has 0 aliphatic carbocycles. The van der Waals surface area contributed by atoms with Gasteiger partial charge in [0, 0.05) is 43.9 Å². The van der Waals surface area contributed by atoms with E-state index >= 15 is 0 Å². The monoisotopic (exact) mass is 248 g/mol. The molecule has 0 saturated carbocycles. The molecule has 1 atom stereocenters. The maximum absolute atomic E-state index is 5.16. The minimum absolute atomic E-state index is 0.211. The fourth-order valence-electron chi connectivity index (χ4n) is 2.10. The normalized spacial score (nSPS) is 13.3. The van der Waals surface area contributed by atoms with Crippen LogP contribution in [0.1, 0.15) is 18.5 Å². The Kier molecular flexibility index (Phi) is 4.36. The van der Waals surface area contributed by atoms with Crippen LogP contribution in [0.25, 0.3) is 10.9 Å². The number of aromatic amines is 1. The predicted molar refractivity (Wildman–Crippen MR) is 72.5 cm³/mol. The van der Waals surface area contributed by atoms with Crippen LogP contribution in [0.3, 0.4) is 0 Å². The molecule has 0 aliphatic heterocycles. The Labute approximate surface area is 107 Å². The molecule has 2 aromatic rings. The molecule has 1 aromatic heterocycles. The molecule has 0 spiro atoms. The zero-order chi connectivity index (χ0) is 13.0. The van der Waals surface area contributed by atoms with Gasteiger partial charge in [-0.1, -0.05) is 18.2 Å². The van der Waals surface area contributed by atoms with Gasteiger partial charge in [-0.15, -0.1) is 0 Å². The number of H-pyrrole nitrogens is 1. The van der Waals surface area contributed by atoms with E-state index in [9.17, 15) is 0 Å². The molecule has 2 rings (SSSR count). The minimum atomic E-state index is -0.211. The largest absolute Gasteiger partial charge is 0.361 e. The highest BCUT2D eigenvalue weighted by atomic mass is 16.7. The van der Waals surface area contributed by atoms with Gasteiger partial charge in [0.2, 0.25) is 0 Å². The highest BCUT2D eigenvalue weighted by Gasteiger charge is 2.12. The third-order valence-corrected chi connectivity index (χ3v) is 3.20. The fourth-order valence-corrected chi connectivity index (χ4v) is 2.10. The lowest BCUT2D eigenvalue weighted by Crippen LogP contribution is -2.31. The molecule has 18 heavy (non-hydrogen) atoms. The molecule has 2 N–H and O–H groups in total. The van der Waals surface area contributed by atoms with Gasteiger partial charge in [-0.3, -0.25) is 0 Å². The standard InChI is InChI=1S/C14H20N2O2/c1-10(15-9-14(17-2)18-3)12-8-16-13-7-5-4-6-11(12)13/h4-8,10,14-16H,9H2,1-3H3/t10-/m1/s1. The number of aromatic nitrogens is 1. The van der Waals surface area contributed by atoms with Crippen molar-refractivity contribution in [2.45, 2.75) is 19.3 Å². The lowest BCUT2D eigenvalue weighted by Gasteiger charge is -2.18. The number of hydrogen-bond acceptors (Lipinski definition) is 3. The van der Waals surface area contributed by atoms with Crippen molar-refractivity contribution in [3.63, 3.8) is 0 Å². The van der Waals surface area contributed by atoms with Gasteiger partial charge in [-0.25, -0.2) is 0 Å². The molecule has 0 saturated heterocycles. The van der Waals surface area contributed by atoms with E-state index in [2.05, 4.69) is 41.6 Å². The molecule has 4 heteroatoms. The highest BCUT2D eigenvalue weighted by Crippen LogP contribution is 2.23. The van der Waals surface area contributed by atoms with Crippen LogP contribution in [0.15, 0.2) is 30.5 Å². The van der Waals surface area contributed by atoms with Crippen LogP contribution >= 0.6 is 0 Å². The number of fused-ring (bicyclic) bond motifs is 1. The lowest BCUT2D eigenvalue weighted by molar-refractivity contribution is -0.0997. The van der Waals surface area contributed by atoms with Crippen molar-refractivity contribution in [1.29, 1.82) is 0 Å². The van der Waals surface area contributed by atoms with E-state index in [1.54, 1.807) is 14.2 Å². The van der Waals surface area contributed by atoms with Gasteiger partial charge in [0.15, 0.2) is 6.29 Å². The molecule has 0 fully saturated rings. The summed E-state index contributed by atoms with van der Waals surface area (Å²) in [6.07, 6.45) is 1.84. The Hall–Kier alpha value is -1.36. The van der Waals surface area contributed by atoms with Crippen molar-refractivity contribution in [2.24, 2.45) is 0 Å². The maximum Gasteiger partial charge on any atom is 0.169 e. The van der Waals surface area contributed by atoms with Crippen molar-refractivity contribution in [3.05, 3.63) is 36.0 Å². The van der Waals surface area contributed by atoms with Gasteiger partial charge in [-0.05, 0) is 18.6 Å². The van der Waals surface area contributed by atoms with Gasteiger partial charge >= 0.3 is 0 Å². The molecular weight excluding hydrogens is 228 g/mol. The first-order valence-electron chi connectivity index (χ1n) is 6.11. The van der Waals surface area contributed by atoms with E-state index in [4.69, 9.17) is 9.47 Å². The second-order valence-electron chi connectivity index (χ2n) is 4.32. The summed E-state index contributed by atoms with van der Waals surface area (Å²) in [4.78, 5) is 3.28. The summed E-state index contributed by atoms with van der Waals surface area (Å²) in [5.74, 6) is 0. The summed E-state index contributed by atoms with van der Waals surface area (Å²) in [5, 5.41) is 4.66. The number of ether oxygens (including phenoxy) is 2. The third kappa shape index (κ3) is 2.72. The predicted octanol–water partition coefficient (Wildman–Crippen LogP) is 2.44. The smallest absolute Gasteiger partial charge is 0.169 e. The van der Waals surface area contributed by atoms with Crippen LogP contribution in [0.5, 0.6) is 0 Å². The molecule has 98 valence electrons. The van der Waals surface area contributed by atoms with E-state index in [0.717, 1.165) is 5.52 Å². The molecule has 0 bridgehead atoms. The third-order valence-electron chi connectivity index (χ3n) is 3.20. The summed E-state index contributed by atoms with van der Waals surface area (Å²) in [7, 11) is 3.29. The zero-order valence-electron chi connectivity index (χ0n) is 11.1. The number of para-hydroxylation sites is 1. The molecule has 0 unspecified atom stereocenters. The average molecular weight is 248 g/mol. The summed E-state index contributed by atoms with van der Waals surface area (Å²) < 4.78 is 10.3. The van der Waals surface area contributed by atoms with Gasteiger partial charge in [0.05, 0.1) is 0 Å².